The van der Waals surface area contributed by atoms with Crippen molar-refractivity contribution in [1.82, 2.24) is 14.7 Å². The number of ether oxygens (including phenoxy) is 1. The third-order valence-corrected chi connectivity index (χ3v) is 6.60. The Morgan fingerprint density at radius 3 is 2.16 bits per heavy atom. The first-order chi connectivity index (χ1) is 14.8. The number of piperazine rings is 1. The molecule has 3 rings (SSSR count). The normalized spacial score (nSPS) is 30.5. The third kappa shape index (κ3) is 6.81. The van der Waals surface area contributed by atoms with Crippen LogP contribution < -0.4 is 11.5 Å². The van der Waals surface area contributed by atoms with Crippen LogP contribution in [0.15, 0.2) is 23.7 Å². The molecule has 7 N–H and O–H groups in total. The Morgan fingerprint density at radius 1 is 0.935 bits per heavy atom. The highest BCUT2D eigenvalue weighted by molar-refractivity contribution is 5.85. The molecule has 3 aliphatic heterocycles. The van der Waals surface area contributed by atoms with Crippen molar-refractivity contribution >= 4 is 5.97 Å². The fourth-order valence-electron chi connectivity index (χ4n) is 4.52. The van der Waals surface area contributed by atoms with E-state index in [-0.39, 0.29) is 11.8 Å². The summed E-state index contributed by atoms with van der Waals surface area (Å²) < 4.78 is 5.66. The summed E-state index contributed by atoms with van der Waals surface area (Å²) >= 11 is 0. The van der Waals surface area contributed by atoms with Gasteiger partial charge in [0.25, 0.3) is 0 Å². The number of hydrogen-bond donors (Lipinski definition) is 5. The number of carboxylic acid groups (broad SMARTS) is 1. The van der Waals surface area contributed by atoms with Crippen LogP contribution in [0.5, 0.6) is 0 Å². The zero-order chi connectivity index (χ0) is 22.4. The van der Waals surface area contributed by atoms with Crippen molar-refractivity contribution in [3.63, 3.8) is 0 Å². The minimum Gasteiger partial charge on any atom is -0.477 e. The van der Waals surface area contributed by atoms with E-state index in [0.717, 1.165) is 58.7 Å². The van der Waals surface area contributed by atoms with E-state index >= 15 is 0 Å². The molecule has 0 bridgehead atoms. The first-order valence-corrected chi connectivity index (χ1v) is 11.2. The molecule has 176 valence electrons. The smallest absolute Gasteiger partial charge is 0.351 e. The molecule has 3 aliphatic rings. The maximum absolute atomic E-state index is 10.8. The number of likely N-dealkylation sites (tertiary alicyclic amines) is 1. The number of aliphatic hydroxyl groups excluding tert-OH is 2. The number of allylic oxidation sites excluding steroid dienone is 2. The fourth-order valence-corrected chi connectivity index (χ4v) is 4.52. The monoisotopic (exact) mass is 439 g/mol. The van der Waals surface area contributed by atoms with Crippen molar-refractivity contribution in [3.05, 3.63) is 23.7 Å². The summed E-state index contributed by atoms with van der Waals surface area (Å²) in [4.78, 5) is 17.6. The van der Waals surface area contributed by atoms with Gasteiger partial charge in [0.15, 0.2) is 0 Å². The molecule has 0 spiro atoms. The Kier molecular flexibility index (Phi) is 8.56. The topological polar surface area (TPSA) is 149 Å². The number of aliphatic hydroxyl groups is 2. The molecule has 10 heteroatoms. The lowest BCUT2D eigenvalue weighted by molar-refractivity contribution is -0.143. The van der Waals surface area contributed by atoms with Gasteiger partial charge in [0, 0.05) is 59.0 Å². The molecule has 31 heavy (non-hydrogen) atoms. The highest BCUT2D eigenvalue weighted by Gasteiger charge is 2.33. The minimum absolute atomic E-state index is 0.224. The number of rotatable bonds is 7. The Hall–Kier alpha value is -1.85. The van der Waals surface area contributed by atoms with E-state index in [1.807, 2.05) is 0 Å². The number of nitrogens with two attached hydrogens (primary N) is 2. The second-order valence-corrected chi connectivity index (χ2v) is 8.81. The van der Waals surface area contributed by atoms with Gasteiger partial charge in [-0.1, -0.05) is 0 Å². The van der Waals surface area contributed by atoms with Gasteiger partial charge >= 0.3 is 5.97 Å². The van der Waals surface area contributed by atoms with Gasteiger partial charge in [-0.15, -0.1) is 0 Å². The van der Waals surface area contributed by atoms with Crippen LogP contribution in [0.1, 0.15) is 19.3 Å². The summed E-state index contributed by atoms with van der Waals surface area (Å²) in [5.74, 6) is 0.0188. The Morgan fingerprint density at radius 2 is 1.55 bits per heavy atom. The molecule has 3 saturated heterocycles. The summed E-state index contributed by atoms with van der Waals surface area (Å²) in [6, 6.07) is 0. The highest BCUT2D eigenvalue weighted by atomic mass is 16.5. The predicted octanol–water partition coefficient (Wildman–Crippen LogP) is -1.45. The van der Waals surface area contributed by atoms with Crippen molar-refractivity contribution in [2.45, 2.75) is 37.6 Å². The number of carboxylic acids is 1. The maximum atomic E-state index is 10.8. The molecule has 0 aliphatic carbocycles. The zero-order valence-electron chi connectivity index (χ0n) is 18.1. The van der Waals surface area contributed by atoms with Crippen LogP contribution in [0.4, 0.5) is 0 Å². The maximum Gasteiger partial charge on any atom is 0.351 e. The number of aliphatic carboxylic acids is 1. The van der Waals surface area contributed by atoms with E-state index in [2.05, 4.69) is 14.7 Å². The van der Waals surface area contributed by atoms with Crippen LogP contribution in [-0.2, 0) is 9.53 Å². The minimum atomic E-state index is -1.15. The average molecular weight is 440 g/mol. The summed E-state index contributed by atoms with van der Waals surface area (Å²) in [5, 5.41) is 28.7. The van der Waals surface area contributed by atoms with Gasteiger partial charge in [-0.2, -0.15) is 0 Å². The Bertz CT molecular complexity index is 657. The largest absolute Gasteiger partial charge is 0.477 e. The lowest BCUT2D eigenvalue weighted by Gasteiger charge is -2.41. The van der Waals surface area contributed by atoms with E-state index in [4.69, 9.17) is 21.3 Å². The van der Waals surface area contributed by atoms with E-state index < -0.39 is 18.2 Å². The Balaban J connectivity index is 1.36. The van der Waals surface area contributed by atoms with Crippen molar-refractivity contribution in [2.24, 2.45) is 17.4 Å². The second-order valence-electron chi connectivity index (χ2n) is 8.81. The number of hydrogen-bond acceptors (Lipinski definition) is 9. The van der Waals surface area contributed by atoms with E-state index in [1.165, 1.54) is 6.08 Å². The van der Waals surface area contributed by atoms with Gasteiger partial charge in [0.05, 0.1) is 18.0 Å². The van der Waals surface area contributed by atoms with E-state index in [0.29, 0.717) is 31.3 Å². The first-order valence-electron chi connectivity index (χ1n) is 11.2. The van der Waals surface area contributed by atoms with Crippen LogP contribution in [0.25, 0.3) is 0 Å². The third-order valence-electron chi connectivity index (χ3n) is 6.60. The van der Waals surface area contributed by atoms with Crippen LogP contribution in [0.3, 0.4) is 0 Å². The number of nitrogens with zero attached hydrogens (tertiary/aromatic N) is 3. The Labute approximate surface area is 183 Å². The van der Waals surface area contributed by atoms with Gasteiger partial charge in [0.1, 0.15) is 11.8 Å². The number of piperidine rings is 1. The first kappa shape index (κ1) is 23.8. The zero-order valence-corrected chi connectivity index (χ0v) is 18.1. The molecule has 3 atom stereocenters. The fraction of sp³-hybridized carbons (Fsp3) is 0.762. The lowest BCUT2D eigenvalue weighted by Crippen LogP contribution is -2.54. The highest BCUT2D eigenvalue weighted by Crippen LogP contribution is 2.21. The van der Waals surface area contributed by atoms with Crippen LogP contribution >= 0.6 is 0 Å². The molecule has 3 fully saturated rings. The molecule has 0 amide bonds. The summed E-state index contributed by atoms with van der Waals surface area (Å²) in [6.45, 7) is 7.81. The van der Waals surface area contributed by atoms with Crippen LogP contribution in [-0.4, -0.2) is 113 Å². The van der Waals surface area contributed by atoms with Crippen LogP contribution in [0.2, 0.25) is 0 Å². The van der Waals surface area contributed by atoms with Crippen LogP contribution in [0, 0.1) is 5.92 Å². The quantitative estimate of drug-likeness (QED) is 0.236. The van der Waals surface area contributed by atoms with Gasteiger partial charge in [-0.3, -0.25) is 4.90 Å². The van der Waals surface area contributed by atoms with Crippen molar-refractivity contribution < 1.29 is 24.9 Å². The summed E-state index contributed by atoms with van der Waals surface area (Å²) in [5.41, 5.74) is 11.2. The molecule has 0 aromatic carbocycles. The summed E-state index contributed by atoms with van der Waals surface area (Å²) in [6.07, 6.45) is 3.71. The van der Waals surface area contributed by atoms with Gasteiger partial charge in [0.2, 0.25) is 0 Å². The molecule has 0 aromatic rings. The standard InChI is InChI=1S/C21H37N5O5/c22-16(21(29)30)1-2-19(23)26-6-3-15(4-7-26)13-24-8-10-25(11-9-24)14-18-20(28)17(27)5-12-31-18/h1-2,15,17-18,20,27-28H,3-14,22-23H2,(H,29,30)/b16-1-,19-2+. The van der Waals surface area contributed by atoms with Gasteiger partial charge in [-0.25, -0.2) is 4.79 Å². The molecular formula is C21H37N5O5. The average Bonchev–Trinajstić information content (AvgIpc) is 2.76. The van der Waals surface area contributed by atoms with Crippen molar-refractivity contribution in [3.8, 4) is 0 Å². The van der Waals surface area contributed by atoms with Gasteiger partial charge in [-0.05, 0) is 37.3 Å². The molecule has 0 aromatic heterocycles. The van der Waals surface area contributed by atoms with Gasteiger partial charge < -0.3 is 41.3 Å². The predicted molar refractivity (Wildman–Crippen MR) is 116 cm³/mol. The lowest BCUT2D eigenvalue weighted by atomic mass is 9.96. The molecule has 0 saturated carbocycles. The number of carbonyl (C=O) groups is 1. The molecule has 3 unspecified atom stereocenters. The van der Waals surface area contributed by atoms with E-state index in [9.17, 15) is 15.0 Å². The molecular weight excluding hydrogens is 402 g/mol. The van der Waals surface area contributed by atoms with Crippen molar-refractivity contribution in [2.75, 3.05) is 59.0 Å². The molecule has 0 radical (unpaired) electrons. The molecule has 10 nitrogen and oxygen atoms in total. The molecule has 3 heterocycles. The van der Waals surface area contributed by atoms with Crippen molar-refractivity contribution in [1.29, 1.82) is 0 Å². The SMILES string of the molecule is N/C(=C\C=C(/N)N1CCC(CN2CCN(CC3OCCC(O)C3O)CC2)CC1)C(=O)O. The summed E-state index contributed by atoms with van der Waals surface area (Å²) in [7, 11) is 0. The second kappa shape index (κ2) is 11.1. The van der Waals surface area contributed by atoms with E-state index in [1.54, 1.807) is 6.08 Å².